The number of nitrogens with zero attached hydrogens (tertiary/aromatic N) is 2. The van der Waals surface area contributed by atoms with Crippen molar-refractivity contribution in [2.75, 3.05) is 53.2 Å². The second-order valence-electron chi connectivity index (χ2n) is 5.75. The highest BCUT2D eigenvalue weighted by molar-refractivity contribution is 8.91. The van der Waals surface area contributed by atoms with Gasteiger partial charge in [0.2, 0.25) is 0 Å². The van der Waals surface area contributed by atoms with Crippen molar-refractivity contribution < 1.29 is 0 Å². The molecule has 6 heteroatoms. The van der Waals surface area contributed by atoms with Gasteiger partial charge in [0.1, 0.15) is 4.32 Å². The summed E-state index contributed by atoms with van der Waals surface area (Å²) in [6, 6.07) is 0. The molecule has 0 amide bonds. The monoisotopic (exact) mass is 300 g/mol. The second-order valence-corrected chi connectivity index (χ2v) is 15.7. The predicted octanol–water partition coefficient (Wildman–Crippen LogP) is 2.72. The molecule has 0 aromatic rings. The van der Waals surface area contributed by atoms with Crippen LogP contribution in [0.1, 0.15) is 0 Å². The van der Waals surface area contributed by atoms with Crippen molar-refractivity contribution in [3.8, 4) is 0 Å². The van der Waals surface area contributed by atoms with Gasteiger partial charge in [0.05, 0.1) is 4.32 Å². The first-order valence-corrected chi connectivity index (χ1v) is 11.1. The highest BCUT2D eigenvalue weighted by Gasteiger charge is 2.20. The molecule has 0 unspecified atom stereocenters. The number of thiocarbonyl (C=S) groups is 1. The lowest BCUT2D eigenvalue weighted by Gasteiger charge is -2.39. The van der Waals surface area contributed by atoms with Crippen LogP contribution in [-0.4, -0.2) is 71.7 Å². The molecule has 2 nitrogen and oxygen atoms in total. The third-order valence-electron chi connectivity index (χ3n) is 1.61. The van der Waals surface area contributed by atoms with E-state index in [1.165, 1.54) is 4.32 Å². The van der Waals surface area contributed by atoms with Crippen LogP contribution in [0.5, 0.6) is 0 Å². The van der Waals surface area contributed by atoms with Crippen molar-refractivity contribution in [1.29, 1.82) is 0 Å². The zero-order valence-corrected chi connectivity index (χ0v) is 14.8. The molecule has 0 aliphatic heterocycles. The van der Waals surface area contributed by atoms with Crippen molar-refractivity contribution in [3.05, 3.63) is 0 Å². The number of hydrogen-bond acceptors (Lipinski definition) is 3. The Kier molecular flexibility index (Phi) is 5.88. The zero-order valence-electron chi connectivity index (χ0n) is 11.5. The van der Waals surface area contributed by atoms with E-state index >= 15 is 0 Å². The molecule has 0 aliphatic rings. The lowest BCUT2D eigenvalue weighted by Crippen LogP contribution is -2.26. The van der Waals surface area contributed by atoms with Gasteiger partial charge in [-0.1, -0.05) is 12.2 Å². The summed E-state index contributed by atoms with van der Waals surface area (Å²) in [6.07, 6.45) is 9.38. The van der Waals surface area contributed by atoms with E-state index in [9.17, 15) is 0 Å². The molecule has 0 aromatic carbocycles. The van der Waals surface area contributed by atoms with E-state index in [1.54, 1.807) is 21.6 Å². The van der Waals surface area contributed by atoms with Crippen molar-refractivity contribution in [3.63, 3.8) is 0 Å². The molecular weight excluding hydrogens is 276 g/mol. The van der Waals surface area contributed by atoms with Crippen molar-refractivity contribution in [1.82, 2.24) is 9.80 Å². The van der Waals surface area contributed by atoms with Gasteiger partial charge in [-0.25, -0.2) is 8.75 Å². The van der Waals surface area contributed by atoms with Crippen LogP contribution in [0.4, 0.5) is 0 Å². The molecule has 0 fully saturated rings. The summed E-state index contributed by atoms with van der Waals surface area (Å²) in [5.41, 5.74) is 0. The van der Waals surface area contributed by atoms with Gasteiger partial charge in [0.25, 0.3) is 0 Å². The van der Waals surface area contributed by atoms with E-state index in [-0.39, 0.29) is 0 Å². The Balaban J connectivity index is 4.92. The van der Waals surface area contributed by atoms with Gasteiger partial charge in [0, 0.05) is 14.1 Å². The Bertz CT molecular complexity index is 315. The first-order chi connectivity index (χ1) is 6.92. The SMILES string of the molecule is CN(C)C(=S)SSC(N(C)C)=S(C)(C)(C)C. The lowest BCUT2D eigenvalue weighted by atomic mass is 11.0. The molecule has 0 radical (unpaired) electrons. The molecule has 0 heterocycles. The van der Waals surface area contributed by atoms with Crippen LogP contribution in [0.2, 0.25) is 0 Å². The molecule has 0 atom stereocenters. The summed E-state index contributed by atoms with van der Waals surface area (Å²) in [5.74, 6) is 0. The molecule has 0 saturated carbocycles. The Hall–Kier alpha value is 0.770. The molecule has 0 N–H and O–H groups in total. The van der Waals surface area contributed by atoms with Gasteiger partial charge in [-0.05, 0) is 60.7 Å². The van der Waals surface area contributed by atoms with Crippen molar-refractivity contribution in [2.24, 2.45) is 0 Å². The van der Waals surface area contributed by atoms with Gasteiger partial charge in [-0.2, -0.15) is 0 Å². The average Bonchev–Trinajstić information content (AvgIpc) is 1.98. The zero-order chi connectivity index (χ0) is 13.2. The Morgan fingerprint density at radius 2 is 1.31 bits per heavy atom. The van der Waals surface area contributed by atoms with Crippen LogP contribution >= 0.6 is 42.6 Å². The first kappa shape index (κ1) is 16.8. The van der Waals surface area contributed by atoms with Crippen LogP contribution in [0.25, 0.3) is 0 Å². The van der Waals surface area contributed by atoms with Gasteiger partial charge in [-0.15, -0.1) is 0 Å². The quantitative estimate of drug-likeness (QED) is 0.500. The van der Waals surface area contributed by atoms with Crippen LogP contribution in [0.15, 0.2) is 0 Å². The average molecular weight is 301 g/mol. The lowest BCUT2D eigenvalue weighted by molar-refractivity contribution is 0.647. The topological polar surface area (TPSA) is 6.48 Å². The summed E-state index contributed by atoms with van der Waals surface area (Å²) in [7, 11) is 10.2. The summed E-state index contributed by atoms with van der Waals surface area (Å²) < 4.78 is 2.34. The van der Waals surface area contributed by atoms with E-state index < -0.39 is 8.75 Å². The third-order valence-corrected chi connectivity index (χ3v) is 9.17. The van der Waals surface area contributed by atoms with Gasteiger partial charge < -0.3 is 4.90 Å². The fourth-order valence-electron chi connectivity index (χ4n) is 1.09. The normalized spacial score (nSPS) is 14.4. The molecule has 0 rings (SSSR count). The van der Waals surface area contributed by atoms with Crippen LogP contribution in [-0.2, 0) is 0 Å². The smallest absolute Gasteiger partial charge is 0.146 e. The largest absolute Gasteiger partial charge is 0.363 e. The van der Waals surface area contributed by atoms with E-state index in [0.717, 1.165) is 4.32 Å². The molecule has 0 aromatic heterocycles. The number of rotatable bonds is 0. The predicted molar refractivity (Wildman–Crippen MR) is 91.4 cm³/mol. The summed E-state index contributed by atoms with van der Waals surface area (Å²) in [6.45, 7) is 0. The fourth-order valence-corrected chi connectivity index (χ4v) is 8.46. The number of hydrogen-bond donors (Lipinski definition) is 0. The van der Waals surface area contributed by atoms with E-state index in [2.05, 4.69) is 44.0 Å². The summed E-state index contributed by atoms with van der Waals surface area (Å²) in [4.78, 5) is 4.20. The molecule has 0 bridgehead atoms. The Morgan fingerprint density at radius 1 is 0.875 bits per heavy atom. The second kappa shape index (κ2) is 5.61. The molecule has 0 spiro atoms. The van der Waals surface area contributed by atoms with Crippen molar-refractivity contribution >= 4 is 51.2 Å². The standard InChI is InChI=1S/C10H24N2S4/c1-11(2)9(13)14-15-10(12(3)4)16(5,6,7)8/h1-8H3. The summed E-state index contributed by atoms with van der Waals surface area (Å²) in [5, 5.41) is 0. The maximum absolute atomic E-state index is 5.29. The van der Waals surface area contributed by atoms with E-state index in [0.29, 0.717) is 0 Å². The minimum absolute atomic E-state index is 0.918. The van der Waals surface area contributed by atoms with Crippen LogP contribution in [0.3, 0.4) is 0 Å². The minimum atomic E-state index is -1.46. The summed E-state index contributed by atoms with van der Waals surface area (Å²) >= 11 is 5.29. The molecular formula is C10H24N2S4. The van der Waals surface area contributed by atoms with Crippen LogP contribution < -0.4 is 0 Å². The molecule has 98 valence electrons. The first-order valence-electron chi connectivity index (χ1n) is 4.85. The van der Waals surface area contributed by atoms with Gasteiger partial charge in [0.15, 0.2) is 0 Å². The Morgan fingerprint density at radius 3 is 1.56 bits per heavy atom. The maximum atomic E-state index is 5.29. The Labute approximate surface area is 114 Å². The molecule has 16 heavy (non-hydrogen) atoms. The van der Waals surface area contributed by atoms with E-state index in [4.69, 9.17) is 12.2 Å². The third kappa shape index (κ3) is 5.91. The highest BCUT2D eigenvalue weighted by Crippen LogP contribution is 2.50. The maximum Gasteiger partial charge on any atom is 0.146 e. The van der Waals surface area contributed by atoms with Crippen LogP contribution in [0, 0.1) is 0 Å². The minimum Gasteiger partial charge on any atom is -0.363 e. The molecule has 0 aliphatic carbocycles. The van der Waals surface area contributed by atoms with Crippen molar-refractivity contribution in [2.45, 2.75) is 0 Å². The highest BCUT2D eigenvalue weighted by atomic mass is 33.1. The van der Waals surface area contributed by atoms with Gasteiger partial charge >= 0.3 is 0 Å². The van der Waals surface area contributed by atoms with Gasteiger partial charge in [-0.3, -0.25) is 4.90 Å². The fraction of sp³-hybridized carbons (Fsp3) is 0.800. The molecule has 0 saturated heterocycles. The van der Waals surface area contributed by atoms with E-state index in [1.807, 2.05) is 19.0 Å².